The number of benzene rings is 1. The summed E-state index contributed by atoms with van der Waals surface area (Å²) < 4.78 is 2.20. The lowest BCUT2D eigenvalue weighted by molar-refractivity contribution is -0.137. The highest BCUT2D eigenvalue weighted by Gasteiger charge is 2.25. The lowest BCUT2D eigenvalue weighted by Gasteiger charge is -2.23. The maximum absolute atomic E-state index is 11.0. The van der Waals surface area contributed by atoms with Crippen molar-refractivity contribution in [2.75, 3.05) is 6.26 Å². The maximum atomic E-state index is 11.0. The van der Waals surface area contributed by atoms with E-state index >= 15 is 0 Å². The fraction of sp³-hybridized carbons (Fsp3) is 0.300. The number of hydrogen-bond donors (Lipinski definition) is 2. The number of pyridine rings is 1. The van der Waals surface area contributed by atoms with E-state index in [1.54, 1.807) is 11.8 Å². The molecule has 0 saturated carbocycles. The highest BCUT2D eigenvalue weighted by molar-refractivity contribution is 7.98. The largest absolute Gasteiger partial charge is 0.481 e. The van der Waals surface area contributed by atoms with Gasteiger partial charge in [-0.15, -0.1) is 24.4 Å². The second-order valence-electron chi connectivity index (χ2n) is 6.38. The zero-order valence-electron chi connectivity index (χ0n) is 14.9. The molecule has 1 unspecified atom stereocenters. The Kier molecular flexibility index (Phi) is 6.73. The Labute approximate surface area is 173 Å². The van der Waals surface area contributed by atoms with Gasteiger partial charge in [-0.3, -0.25) is 4.79 Å². The molecular weight excluding hydrogens is 400 g/mol. The number of carboxylic acid groups (broad SMARTS) is 1. The van der Waals surface area contributed by atoms with E-state index in [2.05, 4.69) is 34.5 Å². The lowest BCUT2D eigenvalue weighted by atomic mass is 9.93. The van der Waals surface area contributed by atoms with Crippen LogP contribution in [0.4, 0.5) is 0 Å². The first-order valence-corrected chi connectivity index (χ1v) is 10.7. The van der Waals surface area contributed by atoms with E-state index < -0.39 is 5.97 Å². The average Bonchev–Trinajstić information content (AvgIpc) is 3.04. The van der Waals surface area contributed by atoms with Crippen molar-refractivity contribution < 1.29 is 9.90 Å². The summed E-state index contributed by atoms with van der Waals surface area (Å²) in [6.07, 6.45) is 6.09. The number of rotatable bonds is 3. The van der Waals surface area contributed by atoms with Crippen LogP contribution in [0, 0.1) is 0 Å². The van der Waals surface area contributed by atoms with Gasteiger partial charge in [0.05, 0.1) is 6.42 Å². The summed E-state index contributed by atoms with van der Waals surface area (Å²) in [6, 6.07) is 11.5. The molecule has 0 saturated heterocycles. The summed E-state index contributed by atoms with van der Waals surface area (Å²) in [4.78, 5) is 17.6. The molecule has 142 valence electrons. The van der Waals surface area contributed by atoms with E-state index in [4.69, 9.17) is 16.7 Å². The monoisotopic (exact) mass is 420 g/mol. The summed E-state index contributed by atoms with van der Waals surface area (Å²) in [5, 5.41) is 10.9. The number of carbonyl (C=O) groups is 1. The van der Waals surface area contributed by atoms with E-state index in [0.29, 0.717) is 0 Å². The van der Waals surface area contributed by atoms with E-state index in [-0.39, 0.29) is 12.3 Å². The number of aryl methyl sites for hydroxylation is 1. The number of thiol groups is 1. The number of nitrogens with zero attached hydrogens (tertiary/aromatic N) is 2. The Morgan fingerprint density at radius 3 is 2.74 bits per heavy atom. The SMILES string of the molecule is CSc1ccnc2c1cc1n2CCCC1CC(=O)O.Sc1ccc(Cl)cc1. The van der Waals surface area contributed by atoms with Crippen LogP contribution in [0.25, 0.3) is 11.0 Å². The molecular formula is C20H21ClN2O2S2. The first-order chi connectivity index (χ1) is 13.0. The Morgan fingerprint density at radius 1 is 1.37 bits per heavy atom. The van der Waals surface area contributed by atoms with E-state index in [1.807, 2.05) is 36.5 Å². The molecule has 1 aliphatic heterocycles. The van der Waals surface area contributed by atoms with Gasteiger partial charge in [-0.1, -0.05) is 11.6 Å². The van der Waals surface area contributed by atoms with E-state index in [0.717, 1.165) is 46.0 Å². The van der Waals surface area contributed by atoms with Gasteiger partial charge in [-0.05, 0) is 55.5 Å². The minimum Gasteiger partial charge on any atom is -0.481 e. The van der Waals surface area contributed by atoms with Crippen molar-refractivity contribution in [3.05, 3.63) is 53.3 Å². The predicted molar refractivity (Wildman–Crippen MR) is 114 cm³/mol. The third-order valence-electron chi connectivity index (χ3n) is 4.61. The van der Waals surface area contributed by atoms with Crippen LogP contribution < -0.4 is 0 Å². The van der Waals surface area contributed by atoms with Gasteiger partial charge in [0, 0.05) is 44.6 Å². The van der Waals surface area contributed by atoms with E-state index in [9.17, 15) is 4.79 Å². The maximum Gasteiger partial charge on any atom is 0.304 e. The summed E-state index contributed by atoms with van der Waals surface area (Å²) >= 11 is 11.4. The zero-order valence-corrected chi connectivity index (χ0v) is 17.4. The number of fused-ring (bicyclic) bond motifs is 3. The molecule has 1 N–H and O–H groups in total. The van der Waals surface area contributed by atoms with Crippen LogP contribution in [0.5, 0.6) is 0 Å². The Morgan fingerprint density at radius 2 is 2.11 bits per heavy atom. The van der Waals surface area contributed by atoms with Crippen LogP contribution in [0.15, 0.2) is 52.4 Å². The average molecular weight is 421 g/mol. The molecule has 1 aromatic carbocycles. The normalized spacial score (nSPS) is 15.7. The number of carboxylic acids is 1. The first kappa shape index (κ1) is 20.1. The molecule has 4 rings (SSSR count). The predicted octanol–water partition coefficient (Wildman–Crippen LogP) is 5.74. The summed E-state index contributed by atoms with van der Waals surface area (Å²) in [6.45, 7) is 0.944. The molecule has 0 spiro atoms. The quantitative estimate of drug-likeness (QED) is 0.419. The molecule has 0 aliphatic carbocycles. The molecule has 0 bridgehead atoms. The standard InChI is InChI=1S/C14H16N2O2S.C6H5ClS/c1-19-12-4-5-15-14-10(12)8-11-9(7-13(17)18)3-2-6-16(11)14;7-5-1-3-6(8)4-2-5/h4-5,8-9H,2-3,6-7H2,1H3,(H,17,18);1-4,8H. The van der Waals surface area contributed by atoms with Gasteiger partial charge in [0.1, 0.15) is 5.65 Å². The number of aliphatic carboxylic acids is 1. The molecule has 27 heavy (non-hydrogen) atoms. The molecule has 7 heteroatoms. The van der Waals surface area contributed by atoms with Crippen molar-refractivity contribution in [2.45, 2.75) is 41.5 Å². The zero-order chi connectivity index (χ0) is 19.4. The van der Waals surface area contributed by atoms with Crippen LogP contribution in [0.3, 0.4) is 0 Å². The molecule has 0 radical (unpaired) electrons. The van der Waals surface area contributed by atoms with Crippen LogP contribution in [0.2, 0.25) is 5.02 Å². The van der Waals surface area contributed by atoms with Crippen molar-refractivity contribution >= 4 is 53.0 Å². The van der Waals surface area contributed by atoms with Crippen molar-refractivity contribution in [2.24, 2.45) is 0 Å². The van der Waals surface area contributed by atoms with Crippen molar-refractivity contribution in [1.29, 1.82) is 0 Å². The Bertz CT molecular complexity index is 920. The minimum absolute atomic E-state index is 0.121. The third kappa shape index (κ3) is 4.81. The van der Waals surface area contributed by atoms with Crippen LogP contribution in [-0.4, -0.2) is 26.9 Å². The second-order valence-corrected chi connectivity index (χ2v) is 8.19. The summed E-state index contributed by atoms with van der Waals surface area (Å²) in [5.41, 5.74) is 2.13. The van der Waals surface area contributed by atoms with Crippen LogP contribution >= 0.6 is 36.0 Å². The fourth-order valence-corrected chi connectivity index (χ4v) is 4.24. The number of aromatic nitrogens is 2. The smallest absolute Gasteiger partial charge is 0.304 e. The van der Waals surface area contributed by atoms with Crippen molar-refractivity contribution in [1.82, 2.24) is 9.55 Å². The highest BCUT2D eigenvalue weighted by Crippen LogP contribution is 2.37. The third-order valence-corrected chi connectivity index (χ3v) is 5.95. The first-order valence-electron chi connectivity index (χ1n) is 8.68. The molecule has 0 fully saturated rings. The summed E-state index contributed by atoms with van der Waals surface area (Å²) in [5.74, 6) is -0.600. The van der Waals surface area contributed by atoms with Gasteiger partial charge >= 0.3 is 5.97 Å². The Balaban J connectivity index is 0.000000221. The number of halogens is 1. The molecule has 1 aliphatic rings. The van der Waals surface area contributed by atoms with Gasteiger partial charge in [-0.2, -0.15) is 0 Å². The van der Waals surface area contributed by atoms with Crippen molar-refractivity contribution in [3.8, 4) is 0 Å². The molecule has 1 atom stereocenters. The van der Waals surface area contributed by atoms with Crippen LogP contribution in [-0.2, 0) is 11.3 Å². The molecule has 2 aromatic heterocycles. The number of thioether (sulfide) groups is 1. The minimum atomic E-state index is -0.721. The lowest BCUT2D eigenvalue weighted by Crippen LogP contribution is -2.17. The summed E-state index contributed by atoms with van der Waals surface area (Å²) in [7, 11) is 0. The topological polar surface area (TPSA) is 55.1 Å². The van der Waals surface area contributed by atoms with Gasteiger partial charge in [-0.25, -0.2) is 4.98 Å². The van der Waals surface area contributed by atoms with Gasteiger partial charge < -0.3 is 9.67 Å². The second kappa shape index (κ2) is 9.04. The van der Waals surface area contributed by atoms with E-state index in [1.165, 1.54) is 4.90 Å². The molecule has 4 nitrogen and oxygen atoms in total. The highest BCUT2D eigenvalue weighted by atomic mass is 35.5. The Hall–Kier alpha value is -1.63. The molecule has 3 heterocycles. The fourth-order valence-electron chi connectivity index (χ4n) is 3.40. The van der Waals surface area contributed by atoms with Gasteiger partial charge in [0.15, 0.2) is 0 Å². The van der Waals surface area contributed by atoms with Gasteiger partial charge in [0.25, 0.3) is 0 Å². The van der Waals surface area contributed by atoms with Crippen LogP contribution in [0.1, 0.15) is 30.9 Å². The van der Waals surface area contributed by atoms with Gasteiger partial charge in [0.2, 0.25) is 0 Å². The number of hydrogen-bond acceptors (Lipinski definition) is 4. The molecule has 3 aromatic rings. The molecule has 0 amide bonds. The van der Waals surface area contributed by atoms with Crippen molar-refractivity contribution in [3.63, 3.8) is 0 Å².